The van der Waals surface area contributed by atoms with E-state index in [0.717, 1.165) is 29.8 Å². The summed E-state index contributed by atoms with van der Waals surface area (Å²) in [5, 5.41) is 0. The van der Waals surface area contributed by atoms with E-state index in [2.05, 4.69) is 15.0 Å². The highest BCUT2D eigenvalue weighted by molar-refractivity contribution is 5.76. The van der Waals surface area contributed by atoms with Gasteiger partial charge >= 0.3 is 5.69 Å². The van der Waals surface area contributed by atoms with Gasteiger partial charge in [-0.3, -0.25) is 14.6 Å². The van der Waals surface area contributed by atoms with E-state index in [1.807, 2.05) is 29.2 Å². The molecule has 0 radical (unpaired) electrons. The van der Waals surface area contributed by atoms with E-state index in [1.165, 1.54) is 0 Å². The van der Waals surface area contributed by atoms with Crippen molar-refractivity contribution < 1.29 is 9.21 Å². The van der Waals surface area contributed by atoms with Gasteiger partial charge in [0.25, 0.3) is 5.56 Å². The lowest BCUT2D eigenvalue weighted by atomic mass is 9.96. The first-order valence-electron chi connectivity index (χ1n) is 9.46. The minimum Gasteiger partial charge on any atom is -0.440 e. The van der Waals surface area contributed by atoms with Crippen LogP contribution in [0.15, 0.2) is 38.3 Å². The van der Waals surface area contributed by atoms with Crippen molar-refractivity contribution >= 4 is 17.0 Å². The Kier molecular flexibility index (Phi) is 4.85. The number of para-hydroxylation sites is 2. The Bertz CT molecular complexity index is 1090. The molecule has 1 aromatic carbocycles. The van der Waals surface area contributed by atoms with Gasteiger partial charge in [-0.2, -0.15) is 0 Å². The first-order chi connectivity index (χ1) is 13.5. The maximum Gasteiger partial charge on any atom is 0.325 e. The van der Waals surface area contributed by atoms with Crippen LogP contribution in [0, 0.1) is 6.92 Å². The van der Waals surface area contributed by atoms with E-state index in [4.69, 9.17) is 4.42 Å². The molecule has 0 saturated carbocycles. The molecule has 146 valence electrons. The summed E-state index contributed by atoms with van der Waals surface area (Å²) >= 11 is 0. The number of likely N-dealkylation sites (tertiary alicyclic amines) is 1. The van der Waals surface area contributed by atoms with Crippen LogP contribution in [0.25, 0.3) is 11.1 Å². The number of piperidine rings is 1. The third-order valence-electron chi connectivity index (χ3n) is 5.35. The maximum atomic E-state index is 12.5. The average Bonchev–Trinajstić information content (AvgIpc) is 3.11. The van der Waals surface area contributed by atoms with Gasteiger partial charge < -0.3 is 14.3 Å². The highest BCUT2D eigenvalue weighted by Crippen LogP contribution is 2.30. The molecular weight excluding hydrogens is 360 g/mol. The van der Waals surface area contributed by atoms with E-state index in [9.17, 15) is 14.4 Å². The van der Waals surface area contributed by atoms with Gasteiger partial charge in [-0.05, 0) is 38.3 Å². The van der Waals surface area contributed by atoms with Gasteiger partial charge in [0.2, 0.25) is 5.91 Å². The summed E-state index contributed by atoms with van der Waals surface area (Å²) in [6, 6.07) is 7.70. The number of aromatic amines is 2. The normalized spacial score (nSPS) is 15.2. The molecule has 4 rings (SSSR count). The molecule has 0 bridgehead atoms. The third-order valence-corrected chi connectivity index (χ3v) is 5.35. The van der Waals surface area contributed by atoms with Crippen molar-refractivity contribution in [2.24, 2.45) is 0 Å². The molecule has 8 heteroatoms. The number of carbonyl (C=O) groups is 1. The molecule has 0 unspecified atom stereocenters. The smallest absolute Gasteiger partial charge is 0.325 e. The molecule has 1 saturated heterocycles. The number of benzene rings is 1. The number of nitrogens with one attached hydrogen (secondary N) is 2. The fraction of sp³-hybridized carbons (Fsp3) is 0.400. The molecule has 8 nitrogen and oxygen atoms in total. The third kappa shape index (κ3) is 3.62. The number of H-pyrrole nitrogens is 2. The molecule has 0 spiro atoms. The molecule has 28 heavy (non-hydrogen) atoms. The average molecular weight is 382 g/mol. The molecule has 1 fully saturated rings. The number of carbonyl (C=O) groups excluding carboxylic acids is 1. The monoisotopic (exact) mass is 382 g/mol. The Hall–Kier alpha value is -3.16. The molecule has 1 amide bonds. The number of aryl methyl sites for hydroxylation is 1. The van der Waals surface area contributed by atoms with Crippen LogP contribution in [0.2, 0.25) is 0 Å². The number of fused-ring (bicyclic) bond motifs is 1. The van der Waals surface area contributed by atoms with Gasteiger partial charge in [0, 0.05) is 36.7 Å². The zero-order valence-corrected chi connectivity index (χ0v) is 15.7. The number of nitrogens with zero attached hydrogens (tertiary/aromatic N) is 2. The highest BCUT2D eigenvalue weighted by atomic mass is 16.3. The molecule has 2 aromatic heterocycles. The van der Waals surface area contributed by atoms with Crippen molar-refractivity contribution in [3.8, 4) is 0 Å². The predicted molar refractivity (Wildman–Crippen MR) is 103 cm³/mol. The number of hydrogen-bond donors (Lipinski definition) is 2. The second-order valence-electron chi connectivity index (χ2n) is 7.19. The standard InChI is InChI=1S/C20H22N4O4/c1-12-14(18(26)23-20(27)21-12)6-7-17(25)24-10-8-13(9-11-24)19-22-15-4-2-3-5-16(15)28-19/h2-5,13H,6-11H2,1H3,(H2,21,23,26,27). The summed E-state index contributed by atoms with van der Waals surface area (Å²) in [5.74, 6) is 0.963. The number of amides is 1. The Morgan fingerprint density at radius 2 is 1.96 bits per heavy atom. The van der Waals surface area contributed by atoms with Crippen molar-refractivity contribution in [1.29, 1.82) is 0 Å². The number of rotatable bonds is 4. The molecule has 0 aliphatic carbocycles. The summed E-state index contributed by atoms with van der Waals surface area (Å²) in [6.45, 7) is 2.95. The van der Waals surface area contributed by atoms with Crippen molar-refractivity contribution in [3.63, 3.8) is 0 Å². The van der Waals surface area contributed by atoms with E-state index in [0.29, 0.717) is 30.8 Å². The van der Waals surface area contributed by atoms with Crippen LogP contribution in [0.3, 0.4) is 0 Å². The maximum absolute atomic E-state index is 12.5. The lowest BCUT2D eigenvalue weighted by molar-refractivity contribution is -0.132. The second kappa shape index (κ2) is 7.46. The Labute approximate surface area is 160 Å². The highest BCUT2D eigenvalue weighted by Gasteiger charge is 2.27. The van der Waals surface area contributed by atoms with Gasteiger partial charge in [0.15, 0.2) is 11.5 Å². The minimum absolute atomic E-state index is 0.0148. The summed E-state index contributed by atoms with van der Waals surface area (Å²) in [6.07, 6.45) is 2.15. The van der Waals surface area contributed by atoms with Crippen molar-refractivity contribution in [2.75, 3.05) is 13.1 Å². The van der Waals surface area contributed by atoms with Gasteiger partial charge in [0.05, 0.1) is 0 Å². The van der Waals surface area contributed by atoms with Crippen LogP contribution in [-0.4, -0.2) is 38.8 Å². The lowest BCUT2D eigenvalue weighted by Crippen LogP contribution is -2.38. The molecule has 3 aromatic rings. The quantitative estimate of drug-likeness (QED) is 0.715. The zero-order chi connectivity index (χ0) is 19.7. The van der Waals surface area contributed by atoms with Gasteiger partial charge in [-0.15, -0.1) is 0 Å². The molecular formula is C20H22N4O4. The van der Waals surface area contributed by atoms with Crippen molar-refractivity contribution in [1.82, 2.24) is 19.9 Å². The topological polar surface area (TPSA) is 112 Å². The van der Waals surface area contributed by atoms with Crippen LogP contribution in [0.1, 0.15) is 42.3 Å². The van der Waals surface area contributed by atoms with Crippen molar-refractivity contribution in [3.05, 3.63) is 62.3 Å². The van der Waals surface area contributed by atoms with Gasteiger partial charge in [-0.1, -0.05) is 12.1 Å². The Morgan fingerprint density at radius 1 is 1.21 bits per heavy atom. The molecule has 2 N–H and O–H groups in total. The zero-order valence-electron chi connectivity index (χ0n) is 15.7. The summed E-state index contributed by atoms with van der Waals surface area (Å²) in [4.78, 5) is 46.9. The summed E-state index contributed by atoms with van der Waals surface area (Å²) < 4.78 is 5.86. The SMILES string of the molecule is Cc1[nH]c(=O)[nH]c(=O)c1CCC(=O)N1CCC(c2nc3ccccc3o2)CC1. The van der Waals surface area contributed by atoms with Gasteiger partial charge in [0.1, 0.15) is 5.52 Å². The van der Waals surface area contributed by atoms with Crippen LogP contribution in [-0.2, 0) is 11.2 Å². The minimum atomic E-state index is -0.529. The fourth-order valence-electron chi connectivity index (χ4n) is 3.76. The second-order valence-corrected chi connectivity index (χ2v) is 7.19. The van der Waals surface area contributed by atoms with E-state index in [1.54, 1.807) is 6.92 Å². The van der Waals surface area contributed by atoms with E-state index in [-0.39, 0.29) is 18.2 Å². The van der Waals surface area contributed by atoms with Crippen LogP contribution >= 0.6 is 0 Å². The van der Waals surface area contributed by atoms with E-state index < -0.39 is 11.2 Å². The first-order valence-corrected chi connectivity index (χ1v) is 9.46. The summed E-state index contributed by atoms with van der Waals surface area (Å²) in [5.41, 5.74) is 1.66. The molecule has 1 aliphatic heterocycles. The van der Waals surface area contributed by atoms with Gasteiger partial charge in [-0.25, -0.2) is 9.78 Å². The van der Waals surface area contributed by atoms with E-state index >= 15 is 0 Å². The lowest BCUT2D eigenvalue weighted by Gasteiger charge is -2.30. The number of aromatic nitrogens is 3. The van der Waals surface area contributed by atoms with Crippen LogP contribution < -0.4 is 11.2 Å². The fourth-order valence-corrected chi connectivity index (χ4v) is 3.76. The van der Waals surface area contributed by atoms with Crippen LogP contribution in [0.5, 0.6) is 0 Å². The number of hydrogen-bond acceptors (Lipinski definition) is 5. The largest absolute Gasteiger partial charge is 0.440 e. The van der Waals surface area contributed by atoms with Crippen LogP contribution in [0.4, 0.5) is 0 Å². The van der Waals surface area contributed by atoms with Crippen molar-refractivity contribution in [2.45, 2.75) is 38.5 Å². The number of oxazole rings is 1. The molecule has 1 aliphatic rings. The Morgan fingerprint density at radius 3 is 2.68 bits per heavy atom. The Balaban J connectivity index is 1.35. The molecule has 0 atom stereocenters. The summed E-state index contributed by atoms with van der Waals surface area (Å²) in [7, 11) is 0. The first kappa shape index (κ1) is 18.2. The molecule has 3 heterocycles. The predicted octanol–water partition coefficient (Wildman–Crippen LogP) is 1.85.